The van der Waals surface area contributed by atoms with Crippen LogP contribution in [0.2, 0.25) is 0 Å². The van der Waals surface area contributed by atoms with Crippen LogP contribution in [0, 0.1) is 0 Å². The number of thiazole rings is 1. The fraction of sp³-hybridized carbons (Fsp3) is 0.267. The van der Waals surface area contributed by atoms with Crippen molar-refractivity contribution in [1.82, 2.24) is 20.2 Å². The highest BCUT2D eigenvalue weighted by Gasteiger charge is 2.13. The molecule has 0 atom stereocenters. The minimum absolute atomic E-state index is 0.139. The first-order chi connectivity index (χ1) is 11.1. The summed E-state index contributed by atoms with van der Waals surface area (Å²) in [6, 6.07) is 3.81. The van der Waals surface area contributed by atoms with Crippen molar-refractivity contribution in [2.75, 3.05) is 5.32 Å². The predicted octanol–water partition coefficient (Wildman–Crippen LogP) is 3.36. The molecule has 0 unspecified atom stereocenters. The van der Waals surface area contributed by atoms with Crippen molar-refractivity contribution in [3.8, 4) is 10.6 Å². The van der Waals surface area contributed by atoms with Gasteiger partial charge in [-0.1, -0.05) is 25.2 Å². The number of nitrogens with one attached hydrogen (secondary N) is 1. The van der Waals surface area contributed by atoms with Gasteiger partial charge in [-0.2, -0.15) is 0 Å². The second-order valence-electron chi connectivity index (χ2n) is 5.21. The molecular weight excluding hydrogens is 330 g/mol. The molecule has 0 spiro atoms. The van der Waals surface area contributed by atoms with Crippen LogP contribution >= 0.6 is 22.7 Å². The summed E-state index contributed by atoms with van der Waals surface area (Å²) in [5.74, 6) is 0.165. The first kappa shape index (κ1) is 15.7. The highest BCUT2D eigenvalue weighted by molar-refractivity contribution is 7.15. The van der Waals surface area contributed by atoms with Crippen LogP contribution in [0.4, 0.5) is 5.13 Å². The van der Waals surface area contributed by atoms with E-state index in [1.807, 2.05) is 31.4 Å². The largest absolute Gasteiger partial charge is 0.300 e. The van der Waals surface area contributed by atoms with E-state index in [1.165, 1.54) is 22.7 Å². The molecule has 0 aliphatic carbocycles. The summed E-state index contributed by atoms with van der Waals surface area (Å²) in [5, 5.41) is 15.0. The van der Waals surface area contributed by atoms with Crippen molar-refractivity contribution < 1.29 is 4.79 Å². The number of carbonyl (C=O) groups is 1. The number of carbonyl (C=O) groups excluding carboxylic acids is 1. The molecular formula is C15H15N5OS2. The summed E-state index contributed by atoms with van der Waals surface area (Å²) >= 11 is 2.90. The Hall–Kier alpha value is -2.19. The van der Waals surface area contributed by atoms with Crippen LogP contribution in [0.25, 0.3) is 10.6 Å². The third kappa shape index (κ3) is 3.96. The summed E-state index contributed by atoms with van der Waals surface area (Å²) in [5.41, 5.74) is 1.69. The van der Waals surface area contributed by atoms with E-state index >= 15 is 0 Å². The van der Waals surface area contributed by atoms with Crippen LogP contribution < -0.4 is 5.32 Å². The molecule has 6 nitrogen and oxygen atoms in total. The van der Waals surface area contributed by atoms with Gasteiger partial charge in [0.15, 0.2) is 0 Å². The first-order valence-electron chi connectivity index (χ1n) is 7.10. The molecule has 0 aliphatic rings. The van der Waals surface area contributed by atoms with Crippen LogP contribution in [-0.2, 0) is 11.2 Å². The summed E-state index contributed by atoms with van der Waals surface area (Å²) < 4.78 is 0. The van der Waals surface area contributed by atoms with E-state index in [0.717, 1.165) is 21.3 Å². The van der Waals surface area contributed by atoms with Gasteiger partial charge in [-0.25, -0.2) is 4.98 Å². The van der Waals surface area contributed by atoms with Crippen LogP contribution in [0.5, 0.6) is 0 Å². The molecule has 1 amide bonds. The Kier molecular flexibility index (Phi) is 4.73. The zero-order valence-electron chi connectivity index (χ0n) is 12.7. The Morgan fingerprint density at radius 2 is 2.22 bits per heavy atom. The topological polar surface area (TPSA) is 80.7 Å². The average Bonchev–Trinajstić information content (AvgIpc) is 3.18. The lowest BCUT2D eigenvalue weighted by molar-refractivity contribution is -0.115. The summed E-state index contributed by atoms with van der Waals surface area (Å²) in [6.07, 6.45) is 3.70. The molecule has 3 aromatic heterocycles. The number of rotatable bonds is 5. The van der Waals surface area contributed by atoms with Gasteiger partial charge in [-0.3, -0.25) is 9.78 Å². The summed E-state index contributed by atoms with van der Waals surface area (Å²) in [7, 11) is 0. The van der Waals surface area contributed by atoms with E-state index in [2.05, 4.69) is 25.5 Å². The molecule has 3 aromatic rings. The average molecular weight is 345 g/mol. The number of pyridine rings is 1. The van der Waals surface area contributed by atoms with Gasteiger partial charge >= 0.3 is 0 Å². The number of hydrogen-bond donors (Lipinski definition) is 1. The second kappa shape index (κ2) is 6.93. The second-order valence-corrected chi connectivity index (χ2v) is 7.08. The van der Waals surface area contributed by atoms with E-state index in [9.17, 15) is 4.79 Å². The van der Waals surface area contributed by atoms with Crippen molar-refractivity contribution in [2.24, 2.45) is 0 Å². The van der Waals surface area contributed by atoms with E-state index in [1.54, 1.807) is 12.4 Å². The smallest absolute Gasteiger partial charge is 0.232 e. The van der Waals surface area contributed by atoms with Gasteiger partial charge in [-0.15, -0.1) is 21.5 Å². The first-order valence-corrected chi connectivity index (χ1v) is 8.79. The molecule has 8 heteroatoms. The highest BCUT2D eigenvalue weighted by Crippen LogP contribution is 2.24. The fourth-order valence-electron chi connectivity index (χ4n) is 1.86. The number of amides is 1. The lowest BCUT2D eigenvalue weighted by Gasteiger charge is -1.98. The van der Waals surface area contributed by atoms with E-state index in [-0.39, 0.29) is 12.3 Å². The third-order valence-corrected chi connectivity index (χ3v) is 5.06. The maximum atomic E-state index is 12.1. The minimum atomic E-state index is -0.139. The van der Waals surface area contributed by atoms with Crippen molar-refractivity contribution >= 4 is 33.7 Å². The molecule has 1 N–H and O–H groups in total. The molecule has 3 rings (SSSR count). The molecule has 118 valence electrons. The van der Waals surface area contributed by atoms with Gasteiger partial charge in [-0.05, 0) is 12.1 Å². The zero-order chi connectivity index (χ0) is 16.2. The molecule has 0 radical (unpaired) electrons. The van der Waals surface area contributed by atoms with Gasteiger partial charge in [0, 0.05) is 29.3 Å². The number of anilines is 1. The summed E-state index contributed by atoms with van der Waals surface area (Å²) in [4.78, 5) is 20.6. The van der Waals surface area contributed by atoms with Crippen molar-refractivity contribution in [3.05, 3.63) is 40.6 Å². The molecule has 0 bridgehead atoms. The lowest BCUT2D eigenvalue weighted by Crippen LogP contribution is -2.14. The lowest BCUT2D eigenvalue weighted by atomic mass is 10.2. The van der Waals surface area contributed by atoms with E-state index in [4.69, 9.17) is 0 Å². The van der Waals surface area contributed by atoms with E-state index in [0.29, 0.717) is 11.0 Å². The van der Waals surface area contributed by atoms with Gasteiger partial charge < -0.3 is 5.32 Å². The van der Waals surface area contributed by atoms with Crippen LogP contribution in [-0.4, -0.2) is 26.1 Å². The SMILES string of the molecule is CC(C)c1nnc(NC(=O)Cc2csc(-c3cccnc3)n2)s1. The molecule has 0 saturated carbocycles. The minimum Gasteiger partial charge on any atom is -0.300 e. The Morgan fingerprint density at radius 3 is 2.91 bits per heavy atom. The van der Waals surface area contributed by atoms with Gasteiger partial charge in [0.2, 0.25) is 11.0 Å². The number of aromatic nitrogens is 4. The van der Waals surface area contributed by atoms with Gasteiger partial charge in [0.25, 0.3) is 0 Å². The molecule has 3 heterocycles. The highest BCUT2D eigenvalue weighted by atomic mass is 32.1. The van der Waals surface area contributed by atoms with Gasteiger partial charge in [0.1, 0.15) is 10.0 Å². The van der Waals surface area contributed by atoms with Crippen LogP contribution in [0.1, 0.15) is 30.5 Å². The molecule has 23 heavy (non-hydrogen) atoms. The van der Waals surface area contributed by atoms with E-state index < -0.39 is 0 Å². The Bertz CT molecular complexity index is 797. The number of nitrogens with zero attached hydrogens (tertiary/aromatic N) is 4. The van der Waals surface area contributed by atoms with Crippen molar-refractivity contribution in [3.63, 3.8) is 0 Å². The maximum Gasteiger partial charge on any atom is 0.232 e. The number of hydrogen-bond acceptors (Lipinski definition) is 7. The Labute approximate surface area is 141 Å². The fourth-order valence-corrected chi connectivity index (χ4v) is 3.43. The van der Waals surface area contributed by atoms with Gasteiger partial charge in [0.05, 0.1) is 12.1 Å². The molecule has 0 fully saturated rings. The maximum absolute atomic E-state index is 12.1. The Balaban J connectivity index is 1.63. The molecule has 0 aromatic carbocycles. The van der Waals surface area contributed by atoms with Crippen molar-refractivity contribution in [2.45, 2.75) is 26.2 Å². The quantitative estimate of drug-likeness (QED) is 0.767. The normalized spacial score (nSPS) is 10.9. The third-order valence-electron chi connectivity index (χ3n) is 2.98. The standard InChI is InChI=1S/C15H15N5OS2/c1-9(2)13-19-20-15(23-13)18-12(21)6-11-8-22-14(17-11)10-4-3-5-16-7-10/h3-5,7-9H,6H2,1-2H3,(H,18,20,21). The predicted molar refractivity (Wildman–Crippen MR) is 91.7 cm³/mol. The monoisotopic (exact) mass is 345 g/mol. The van der Waals surface area contributed by atoms with Crippen LogP contribution in [0.15, 0.2) is 29.9 Å². The molecule has 0 aliphatic heterocycles. The van der Waals surface area contributed by atoms with Crippen molar-refractivity contribution in [1.29, 1.82) is 0 Å². The summed E-state index contributed by atoms with van der Waals surface area (Å²) in [6.45, 7) is 4.09. The van der Waals surface area contributed by atoms with Crippen LogP contribution in [0.3, 0.4) is 0 Å². The zero-order valence-corrected chi connectivity index (χ0v) is 14.3. The molecule has 0 saturated heterocycles. The Morgan fingerprint density at radius 1 is 1.35 bits per heavy atom.